The van der Waals surface area contributed by atoms with Crippen LogP contribution in [0.4, 0.5) is 4.79 Å². The molecule has 2 amide bonds. The van der Waals surface area contributed by atoms with Crippen molar-refractivity contribution in [1.29, 1.82) is 0 Å². The first-order valence-corrected chi connectivity index (χ1v) is 11.7. The van der Waals surface area contributed by atoms with Gasteiger partial charge in [0.1, 0.15) is 23.9 Å². The van der Waals surface area contributed by atoms with E-state index in [1.165, 1.54) is 16.0 Å². The first-order chi connectivity index (χ1) is 17.3. The minimum atomic E-state index is -0.780. The topological polar surface area (TPSA) is 111 Å². The summed E-state index contributed by atoms with van der Waals surface area (Å²) in [7, 11) is 3.25. The molecule has 36 heavy (non-hydrogen) atoms. The van der Waals surface area contributed by atoms with Crippen LogP contribution in [0.2, 0.25) is 0 Å². The Morgan fingerprint density at radius 2 is 1.83 bits per heavy atom. The maximum Gasteiger partial charge on any atom is 0.410 e. The molecule has 10 heteroatoms. The SMILES string of the molecule is CCOC(=O)c1cn([C@H]2C[C@@H](C(=O)N(C)C)N(C(=O)OCc3ccccc3)C2)c2ncccc2c1=O. The van der Waals surface area contributed by atoms with E-state index in [-0.39, 0.29) is 43.0 Å². The lowest BCUT2D eigenvalue weighted by molar-refractivity contribution is -0.133. The van der Waals surface area contributed by atoms with E-state index >= 15 is 0 Å². The molecule has 3 heterocycles. The summed E-state index contributed by atoms with van der Waals surface area (Å²) in [5.41, 5.74) is 0.576. The van der Waals surface area contributed by atoms with E-state index in [1.807, 2.05) is 30.3 Å². The average molecular weight is 493 g/mol. The number of ether oxygens (including phenoxy) is 2. The number of hydrogen-bond acceptors (Lipinski definition) is 7. The number of rotatable bonds is 6. The Labute approximate surface area is 208 Å². The number of carbonyl (C=O) groups is 3. The molecule has 1 aliphatic heterocycles. The zero-order chi connectivity index (χ0) is 25.8. The molecule has 0 unspecified atom stereocenters. The van der Waals surface area contributed by atoms with Crippen molar-refractivity contribution < 1.29 is 23.9 Å². The summed E-state index contributed by atoms with van der Waals surface area (Å²) in [6.07, 6.45) is 2.60. The van der Waals surface area contributed by atoms with Gasteiger partial charge >= 0.3 is 12.1 Å². The Morgan fingerprint density at radius 1 is 1.08 bits per heavy atom. The molecule has 0 N–H and O–H groups in total. The molecule has 0 aliphatic carbocycles. The van der Waals surface area contributed by atoms with Crippen LogP contribution in [-0.2, 0) is 20.9 Å². The number of likely N-dealkylation sites (tertiary alicyclic amines) is 1. The number of carbonyl (C=O) groups excluding carboxylic acids is 3. The monoisotopic (exact) mass is 492 g/mol. The average Bonchev–Trinajstić information content (AvgIpc) is 3.33. The Kier molecular flexibility index (Phi) is 7.33. The Balaban J connectivity index is 1.70. The van der Waals surface area contributed by atoms with Crippen molar-refractivity contribution in [2.75, 3.05) is 27.2 Å². The van der Waals surface area contributed by atoms with Gasteiger partial charge in [0.15, 0.2) is 0 Å². The van der Waals surface area contributed by atoms with Crippen molar-refractivity contribution in [2.45, 2.75) is 32.0 Å². The lowest BCUT2D eigenvalue weighted by atomic mass is 10.1. The second-order valence-electron chi connectivity index (χ2n) is 8.70. The molecular weight excluding hydrogens is 464 g/mol. The maximum atomic E-state index is 13.1. The molecule has 1 fully saturated rings. The second kappa shape index (κ2) is 10.6. The molecule has 10 nitrogen and oxygen atoms in total. The second-order valence-corrected chi connectivity index (χ2v) is 8.70. The molecule has 2 atom stereocenters. The highest BCUT2D eigenvalue weighted by Crippen LogP contribution is 2.31. The molecule has 0 saturated carbocycles. The lowest BCUT2D eigenvalue weighted by Crippen LogP contribution is -2.45. The number of aromatic nitrogens is 2. The Bertz CT molecular complexity index is 1340. The lowest BCUT2D eigenvalue weighted by Gasteiger charge is -2.25. The first-order valence-electron chi connectivity index (χ1n) is 11.7. The van der Waals surface area contributed by atoms with Gasteiger partial charge < -0.3 is 18.9 Å². The number of pyridine rings is 2. The number of likely N-dealkylation sites (N-methyl/N-ethyl adjacent to an activating group) is 1. The molecule has 0 bridgehead atoms. The van der Waals surface area contributed by atoms with Crippen molar-refractivity contribution in [3.63, 3.8) is 0 Å². The summed E-state index contributed by atoms with van der Waals surface area (Å²) in [4.78, 5) is 58.8. The van der Waals surface area contributed by atoms with Crippen LogP contribution in [0.25, 0.3) is 11.0 Å². The van der Waals surface area contributed by atoms with E-state index in [9.17, 15) is 19.2 Å². The van der Waals surface area contributed by atoms with Crippen LogP contribution >= 0.6 is 0 Å². The van der Waals surface area contributed by atoms with Crippen LogP contribution in [0.15, 0.2) is 59.7 Å². The predicted octanol–water partition coefficient (Wildman–Crippen LogP) is 2.61. The largest absolute Gasteiger partial charge is 0.462 e. The van der Waals surface area contributed by atoms with Gasteiger partial charge in [0, 0.05) is 33.0 Å². The number of amides is 2. The molecule has 4 rings (SSSR count). The van der Waals surface area contributed by atoms with Crippen LogP contribution in [0.5, 0.6) is 0 Å². The third-order valence-electron chi connectivity index (χ3n) is 6.12. The number of hydrogen-bond donors (Lipinski definition) is 0. The fourth-order valence-electron chi connectivity index (χ4n) is 4.37. The van der Waals surface area contributed by atoms with Gasteiger partial charge in [0.05, 0.1) is 18.0 Å². The number of benzene rings is 1. The van der Waals surface area contributed by atoms with E-state index < -0.39 is 29.6 Å². The zero-order valence-corrected chi connectivity index (χ0v) is 20.4. The summed E-state index contributed by atoms with van der Waals surface area (Å²) >= 11 is 0. The summed E-state index contributed by atoms with van der Waals surface area (Å²) in [5.74, 6) is -0.988. The summed E-state index contributed by atoms with van der Waals surface area (Å²) in [6, 6.07) is 11.2. The molecule has 2 aromatic heterocycles. The van der Waals surface area contributed by atoms with E-state index in [1.54, 1.807) is 43.9 Å². The molecule has 188 valence electrons. The highest BCUT2D eigenvalue weighted by Gasteiger charge is 2.42. The Hall–Kier alpha value is -4.21. The van der Waals surface area contributed by atoms with Gasteiger partial charge in [0.2, 0.25) is 11.3 Å². The highest BCUT2D eigenvalue weighted by atomic mass is 16.6. The minimum Gasteiger partial charge on any atom is -0.462 e. The van der Waals surface area contributed by atoms with Crippen LogP contribution < -0.4 is 5.43 Å². The predicted molar refractivity (Wildman–Crippen MR) is 131 cm³/mol. The zero-order valence-electron chi connectivity index (χ0n) is 20.4. The molecule has 1 aromatic carbocycles. The summed E-state index contributed by atoms with van der Waals surface area (Å²) < 4.78 is 12.3. The van der Waals surface area contributed by atoms with Crippen LogP contribution in [0, 0.1) is 0 Å². The molecule has 0 spiro atoms. The molecule has 0 radical (unpaired) electrons. The number of esters is 1. The normalized spacial score (nSPS) is 17.1. The van der Waals surface area contributed by atoms with Gasteiger partial charge in [-0.15, -0.1) is 0 Å². The smallest absolute Gasteiger partial charge is 0.410 e. The van der Waals surface area contributed by atoms with Crippen LogP contribution in [0.1, 0.15) is 35.3 Å². The van der Waals surface area contributed by atoms with E-state index in [2.05, 4.69) is 4.98 Å². The quantitative estimate of drug-likeness (QED) is 0.487. The molecule has 1 aliphatic rings. The van der Waals surface area contributed by atoms with Gasteiger partial charge in [-0.25, -0.2) is 14.6 Å². The highest BCUT2D eigenvalue weighted by molar-refractivity contribution is 5.93. The van der Waals surface area contributed by atoms with Crippen LogP contribution in [0.3, 0.4) is 0 Å². The van der Waals surface area contributed by atoms with Crippen molar-refractivity contribution in [3.05, 3.63) is 76.2 Å². The first kappa shape index (κ1) is 24.9. The standard InChI is InChI=1S/C26H28N4O6/c1-4-35-25(33)20-15-29(23-19(22(20)31)11-8-12-27-23)18-13-21(24(32)28(2)3)30(14-18)26(34)36-16-17-9-6-5-7-10-17/h5-12,15,18,21H,4,13-14,16H2,1-3H3/t18-,21-/m0/s1. The number of nitrogens with zero attached hydrogens (tertiary/aromatic N) is 4. The van der Waals surface area contributed by atoms with Gasteiger partial charge in [0.25, 0.3) is 0 Å². The van der Waals surface area contributed by atoms with Crippen molar-refractivity contribution in [3.8, 4) is 0 Å². The molecule has 3 aromatic rings. The van der Waals surface area contributed by atoms with Gasteiger partial charge in [-0.05, 0) is 31.0 Å². The third-order valence-corrected chi connectivity index (χ3v) is 6.12. The Morgan fingerprint density at radius 3 is 2.53 bits per heavy atom. The minimum absolute atomic E-state index is 0.0687. The van der Waals surface area contributed by atoms with Crippen molar-refractivity contribution in [1.82, 2.24) is 19.4 Å². The van der Waals surface area contributed by atoms with Gasteiger partial charge in [-0.2, -0.15) is 0 Å². The fraction of sp³-hybridized carbons (Fsp3) is 0.346. The molecular formula is C26H28N4O6. The van der Waals surface area contributed by atoms with Crippen molar-refractivity contribution >= 4 is 29.0 Å². The summed E-state index contributed by atoms with van der Waals surface area (Å²) in [5, 5.41) is 0.253. The van der Waals surface area contributed by atoms with E-state index in [4.69, 9.17) is 9.47 Å². The van der Waals surface area contributed by atoms with Gasteiger partial charge in [-0.1, -0.05) is 30.3 Å². The van der Waals surface area contributed by atoms with Crippen LogP contribution in [-0.4, -0.2) is 70.6 Å². The maximum absolute atomic E-state index is 13.1. The van der Waals surface area contributed by atoms with Gasteiger partial charge in [-0.3, -0.25) is 14.5 Å². The van der Waals surface area contributed by atoms with E-state index in [0.29, 0.717) is 5.65 Å². The number of fused-ring (bicyclic) bond motifs is 1. The molecule has 1 saturated heterocycles. The fourth-order valence-corrected chi connectivity index (χ4v) is 4.37. The summed E-state index contributed by atoms with van der Waals surface area (Å²) in [6.45, 7) is 1.98. The third kappa shape index (κ3) is 4.93. The van der Waals surface area contributed by atoms with Crippen molar-refractivity contribution in [2.24, 2.45) is 0 Å². The van der Waals surface area contributed by atoms with E-state index in [0.717, 1.165) is 5.56 Å².